The first-order valence-electron chi connectivity index (χ1n) is 13.7. The maximum Gasteiger partial charge on any atom is 0.273 e. The highest BCUT2D eigenvalue weighted by Crippen LogP contribution is 2.60. The predicted molar refractivity (Wildman–Crippen MR) is 164 cm³/mol. The number of carbonyl (C=O) groups excluding carboxylic acids is 4. The van der Waals surface area contributed by atoms with Crippen molar-refractivity contribution < 1.29 is 33.8 Å². The van der Waals surface area contributed by atoms with Gasteiger partial charge in [-0.05, 0) is 66.8 Å². The van der Waals surface area contributed by atoms with Crippen LogP contribution in [-0.4, -0.2) is 59.6 Å². The van der Waals surface area contributed by atoms with Crippen molar-refractivity contribution in [3.05, 3.63) is 104 Å². The molecular formula is C30H22Br2N4O9. The summed E-state index contributed by atoms with van der Waals surface area (Å²) >= 11 is 7.27. The fraction of sp³-hybridized carbons (Fsp3) is 0.267. The number of amides is 3. The van der Waals surface area contributed by atoms with Crippen LogP contribution in [0.25, 0.3) is 0 Å². The molecule has 2 bridgehead atoms. The van der Waals surface area contributed by atoms with E-state index in [0.717, 1.165) is 22.2 Å². The molecule has 6 atom stereocenters. The lowest BCUT2D eigenvalue weighted by molar-refractivity contribution is -0.385. The lowest BCUT2D eigenvalue weighted by Crippen LogP contribution is -2.52. The van der Waals surface area contributed by atoms with Gasteiger partial charge in [-0.1, -0.05) is 31.9 Å². The van der Waals surface area contributed by atoms with Crippen molar-refractivity contribution in [1.82, 2.24) is 10.0 Å². The van der Waals surface area contributed by atoms with Crippen LogP contribution in [0.4, 0.5) is 11.4 Å². The lowest BCUT2D eigenvalue weighted by Gasteiger charge is -2.30. The molecule has 3 aromatic carbocycles. The number of non-ortho nitro benzene ring substituents is 2. The number of hydrazine groups is 1. The Kier molecular flexibility index (Phi) is 7.99. The number of nitrogens with zero attached hydrogens (tertiary/aromatic N) is 4. The molecule has 3 aromatic rings. The van der Waals surface area contributed by atoms with E-state index in [1.54, 1.807) is 0 Å². The van der Waals surface area contributed by atoms with E-state index in [2.05, 4.69) is 31.9 Å². The normalized spacial score (nSPS) is 24.8. The summed E-state index contributed by atoms with van der Waals surface area (Å²) in [5.74, 6) is -3.39. The average molecular weight is 742 g/mol. The summed E-state index contributed by atoms with van der Waals surface area (Å²) in [6.07, 6.45) is 0.677. The number of ether oxygens (including phenoxy) is 1. The molecule has 0 unspecified atom stereocenters. The smallest absolute Gasteiger partial charge is 0.273 e. The number of Topliss-reactive ketones (excluding diaryl/α,β-unsaturated/α-hetero) is 1. The summed E-state index contributed by atoms with van der Waals surface area (Å²) in [6, 6.07) is 16.0. The number of halogens is 2. The van der Waals surface area contributed by atoms with Crippen molar-refractivity contribution in [3.63, 3.8) is 0 Å². The summed E-state index contributed by atoms with van der Waals surface area (Å²) < 4.78 is 5.69. The van der Waals surface area contributed by atoms with Crippen molar-refractivity contribution in [1.29, 1.82) is 0 Å². The van der Waals surface area contributed by atoms with Crippen molar-refractivity contribution in [2.75, 3.05) is 6.54 Å². The number of hydrogen-bond donors (Lipinski definition) is 0. The Bertz CT molecular complexity index is 1700. The van der Waals surface area contributed by atoms with Crippen molar-refractivity contribution in [2.45, 2.75) is 16.1 Å². The van der Waals surface area contributed by atoms with E-state index in [1.165, 1.54) is 60.7 Å². The van der Waals surface area contributed by atoms with E-state index in [-0.39, 0.29) is 44.0 Å². The van der Waals surface area contributed by atoms with Crippen LogP contribution in [0, 0.1) is 43.9 Å². The Morgan fingerprint density at radius 2 is 1.18 bits per heavy atom. The molecule has 230 valence electrons. The number of benzene rings is 3. The Hall–Kier alpha value is -4.50. The molecule has 0 aromatic heterocycles. The molecule has 0 spiro atoms. The number of nitro benzene ring substituents is 2. The summed E-state index contributed by atoms with van der Waals surface area (Å²) in [6.45, 7) is -0.653. The molecule has 15 heteroatoms. The fourth-order valence-corrected chi connectivity index (χ4v) is 8.26. The quantitative estimate of drug-likeness (QED) is 0.0927. The van der Waals surface area contributed by atoms with Crippen LogP contribution < -0.4 is 4.74 Å². The highest BCUT2D eigenvalue weighted by molar-refractivity contribution is 9.12. The maximum atomic E-state index is 13.8. The third kappa shape index (κ3) is 5.39. The van der Waals surface area contributed by atoms with Gasteiger partial charge in [-0.25, -0.2) is 5.01 Å². The number of hydrogen-bond acceptors (Lipinski definition) is 9. The van der Waals surface area contributed by atoms with Crippen molar-refractivity contribution in [3.8, 4) is 11.5 Å². The lowest BCUT2D eigenvalue weighted by atomic mass is 9.81. The minimum Gasteiger partial charge on any atom is -0.457 e. The second-order valence-electron chi connectivity index (χ2n) is 11.0. The number of ketones is 1. The molecule has 1 heterocycles. The third-order valence-electron chi connectivity index (χ3n) is 8.52. The zero-order valence-electron chi connectivity index (χ0n) is 23.0. The van der Waals surface area contributed by atoms with Crippen LogP contribution >= 0.6 is 31.9 Å². The average Bonchev–Trinajstić information content (AvgIpc) is 3.65. The Morgan fingerprint density at radius 3 is 1.64 bits per heavy atom. The maximum absolute atomic E-state index is 13.8. The zero-order chi connectivity index (χ0) is 32.2. The first-order chi connectivity index (χ1) is 21.5. The van der Waals surface area contributed by atoms with E-state index in [1.807, 2.05) is 0 Å². The zero-order valence-corrected chi connectivity index (χ0v) is 26.2. The molecule has 2 aliphatic carbocycles. The van der Waals surface area contributed by atoms with Gasteiger partial charge in [0.2, 0.25) is 0 Å². The Labute approximate surface area is 271 Å². The van der Waals surface area contributed by atoms with Crippen molar-refractivity contribution in [2.24, 2.45) is 23.7 Å². The summed E-state index contributed by atoms with van der Waals surface area (Å²) in [5.41, 5.74) is -0.233. The topological polar surface area (TPSA) is 170 Å². The van der Waals surface area contributed by atoms with Crippen LogP contribution in [0.3, 0.4) is 0 Å². The monoisotopic (exact) mass is 740 g/mol. The van der Waals surface area contributed by atoms with Gasteiger partial charge in [-0.2, -0.15) is 5.01 Å². The van der Waals surface area contributed by atoms with Gasteiger partial charge in [0.15, 0.2) is 5.78 Å². The second-order valence-corrected chi connectivity index (χ2v) is 13.1. The van der Waals surface area contributed by atoms with Gasteiger partial charge >= 0.3 is 0 Å². The number of nitro groups is 2. The second kappa shape index (κ2) is 11.8. The summed E-state index contributed by atoms with van der Waals surface area (Å²) in [4.78, 5) is 75.7. The van der Waals surface area contributed by atoms with Crippen LogP contribution in [0.2, 0.25) is 0 Å². The van der Waals surface area contributed by atoms with Gasteiger partial charge in [-0.3, -0.25) is 39.4 Å². The molecule has 13 nitrogen and oxygen atoms in total. The Morgan fingerprint density at radius 1 is 0.756 bits per heavy atom. The van der Waals surface area contributed by atoms with Crippen LogP contribution in [0.1, 0.15) is 27.1 Å². The summed E-state index contributed by atoms with van der Waals surface area (Å²) in [7, 11) is 0. The molecule has 3 amide bonds. The third-order valence-corrected chi connectivity index (χ3v) is 11.7. The van der Waals surface area contributed by atoms with Gasteiger partial charge in [-0.15, -0.1) is 0 Å². The number of imide groups is 1. The highest BCUT2D eigenvalue weighted by Gasteiger charge is 2.67. The van der Waals surface area contributed by atoms with Crippen LogP contribution in [0.5, 0.6) is 11.5 Å². The highest BCUT2D eigenvalue weighted by atomic mass is 79.9. The van der Waals surface area contributed by atoms with Gasteiger partial charge in [0.1, 0.15) is 18.0 Å². The molecule has 3 fully saturated rings. The fourth-order valence-electron chi connectivity index (χ4n) is 6.39. The van der Waals surface area contributed by atoms with E-state index in [4.69, 9.17) is 4.74 Å². The SMILES string of the molecule is O=C(CN(C(=O)c1ccc([N+](=O)[O-])cc1)N1C(=O)[C@@H]2[C@H]3C[C@@H]([C@@H](Br)[C@H]3Br)[C@H]2C1=O)c1ccc(Oc2ccc([N+](=O)[O-])cc2)cc1. The van der Waals surface area contributed by atoms with Crippen LogP contribution in [0.15, 0.2) is 72.8 Å². The largest absolute Gasteiger partial charge is 0.457 e. The molecule has 0 radical (unpaired) electrons. The number of alkyl halides is 2. The minimum atomic E-state index is -0.837. The predicted octanol–water partition coefficient (Wildman–Crippen LogP) is 5.31. The summed E-state index contributed by atoms with van der Waals surface area (Å²) in [5, 5.41) is 23.6. The molecule has 2 saturated carbocycles. The first kappa shape index (κ1) is 30.5. The van der Waals surface area contributed by atoms with Crippen molar-refractivity contribution >= 4 is 66.7 Å². The standard InChI is InChI=1S/C30H22Br2N4O9/c31-26-21-13-22(27(26)32)25-24(21)29(39)34(30(25)40)33(28(38)16-1-5-17(6-2-16)35(41)42)14-23(37)15-3-9-19(10-4-15)45-20-11-7-18(8-12-20)36(43)44/h1-12,21-22,24-27H,13-14H2/t21-,22-,24-,25-,26-,27+/m1/s1. The first-order valence-corrected chi connectivity index (χ1v) is 15.6. The van der Waals surface area contributed by atoms with E-state index >= 15 is 0 Å². The van der Waals surface area contributed by atoms with E-state index < -0.39 is 51.7 Å². The molecule has 45 heavy (non-hydrogen) atoms. The molecule has 6 rings (SSSR count). The number of rotatable bonds is 9. The molecule has 3 aliphatic rings. The van der Waals surface area contributed by atoms with Gasteiger partial charge in [0.25, 0.3) is 29.1 Å². The molecule has 0 N–H and O–H groups in total. The van der Waals surface area contributed by atoms with E-state index in [0.29, 0.717) is 17.9 Å². The van der Waals surface area contributed by atoms with Gasteiger partial charge in [0.05, 0.1) is 21.7 Å². The minimum absolute atomic E-state index is 0.0346. The van der Waals surface area contributed by atoms with Crippen LogP contribution in [-0.2, 0) is 9.59 Å². The van der Waals surface area contributed by atoms with Gasteiger partial charge < -0.3 is 4.74 Å². The molecule has 1 saturated heterocycles. The Balaban J connectivity index is 1.26. The molecule has 1 aliphatic heterocycles. The van der Waals surface area contributed by atoms with Gasteiger partial charge in [0, 0.05) is 45.0 Å². The number of carbonyl (C=O) groups is 4. The number of fused-ring (bicyclic) bond motifs is 5. The molecular weight excluding hydrogens is 720 g/mol. The van der Waals surface area contributed by atoms with E-state index in [9.17, 15) is 39.4 Å².